The van der Waals surface area contributed by atoms with E-state index < -0.39 is 21.5 Å². The van der Waals surface area contributed by atoms with Crippen molar-refractivity contribution in [2.45, 2.75) is 50.2 Å². The smallest absolute Gasteiger partial charge is 0.239 e. The number of sulfone groups is 1. The lowest BCUT2D eigenvalue weighted by molar-refractivity contribution is -0.144. The van der Waals surface area contributed by atoms with Crippen LogP contribution in [0.5, 0.6) is 0 Å². The normalized spacial score (nSPS) is 31.6. The van der Waals surface area contributed by atoms with Crippen molar-refractivity contribution < 1.29 is 18.3 Å². The van der Waals surface area contributed by atoms with Crippen molar-refractivity contribution >= 4 is 15.7 Å². The monoisotopic (exact) mass is 318 g/mol. The van der Waals surface area contributed by atoms with Crippen LogP contribution >= 0.6 is 0 Å². The van der Waals surface area contributed by atoms with Gasteiger partial charge in [0.05, 0.1) is 17.4 Å². The average molecular weight is 318 g/mol. The van der Waals surface area contributed by atoms with Crippen LogP contribution in [0.4, 0.5) is 0 Å². The van der Waals surface area contributed by atoms with Crippen molar-refractivity contribution in [2.24, 2.45) is 11.7 Å². The average Bonchev–Trinajstić information content (AvgIpc) is 2.42. The summed E-state index contributed by atoms with van der Waals surface area (Å²) >= 11 is 0. The molecule has 1 saturated carbocycles. The highest BCUT2D eigenvalue weighted by atomic mass is 32.2. The Morgan fingerprint density at radius 3 is 2.81 bits per heavy atom. The zero-order chi connectivity index (χ0) is 15.7. The van der Waals surface area contributed by atoms with Crippen molar-refractivity contribution in [3.05, 3.63) is 0 Å². The molecule has 0 aromatic rings. The summed E-state index contributed by atoms with van der Waals surface area (Å²) in [7, 11) is -3.10. The lowest BCUT2D eigenvalue weighted by Crippen LogP contribution is -2.57. The standard InChI is InChI=1S/C14H26N2O4S/c1-21(19,20)9-5-12(15)13(17)16-8-7-14(18)6-3-2-4-11(14)10-16/h11-12,18H,2-10,15H2,1H3. The molecule has 0 aromatic carbocycles. The van der Waals surface area contributed by atoms with Gasteiger partial charge < -0.3 is 15.7 Å². The highest BCUT2D eigenvalue weighted by Gasteiger charge is 2.44. The maximum atomic E-state index is 12.3. The molecule has 3 atom stereocenters. The SMILES string of the molecule is CS(=O)(=O)CCC(N)C(=O)N1CCC2(O)CCCCC2C1. The molecule has 2 fully saturated rings. The minimum atomic E-state index is -3.10. The maximum absolute atomic E-state index is 12.3. The zero-order valence-electron chi connectivity index (χ0n) is 12.6. The second kappa shape index (κ2) is 6.22. The van der Waals surface area contributed by atoms with Crippen molar-refractivity contribution in [3.63, 3.8) is 0 Å². The largest absolute Gasteiger partial charge is 0.389 e. The summed E-state index contributed by atoms with van der Waals surface area (Å²) in [5.74, 6) is -0.126. The van der Waals surface area contributed by atoms with Gasteiger partial charge in [0.2, 0.25) is 5.91 Å². The molecule has 1 heterocycles. The highest BCUT2D eigenvalue weighted by molar-refractivity contribution is 7.90. The summed E-state index contributed by atoms with van der Waals surface area (Å²) in [5.41, 5.74) is 5.22. The van der Waals surface area contributed by atoms with Crippen LogP contribution in [0.1, 0.15) is 38.5 Å². The Morgan fingerprint density at radius 2 is 2.14 bits per heavy atom. The molecule has 1 amide bonds. The van der Waals surface area contributed by atoms with Crippen LogP contribution in [0, 0.1) is 5.92 Å². The molecule has 1 saturated heterocycles. The van der Waals surface area contributed by atoms with Gasteiger partial charge in [-0.3, -0.25) is 4.79 Å². The van der Waals surface area contributed by atoms with Gasteiger partial charge in [-0.25, -0.2) is 8.42 Å². The molecule has 2 aliphatic rings. The topological polar surface area (TPSA) is 101 Å². The Hall–Kier alpha value is -0.660. The Labute approximate surface area is 126 Å². The van der Waals surface area contributed by atoms with E-state index >= 15 is 0 Å². The van der Waals surface area contributed by atoms with Crippen LogP contribution in [-0.4, -0.2) is 61.1 Å². The molecule has 6 nitrogen and oxygen atoms in total. The molecular weight excluding hydrogens is 292 g/mol. The van der Waals surface area contributed by atoms with Gasteiger partial charge in [0.25, 0.3) is 0 Å². The number of amides is 1. The highest BCUT2D eigenvalue weighted by Crippen LogP contribution is 2.39. The van der Waals surface area contributed by atoms with Crippen LogP contribution in [0.25, 0.3) is 0 Å². The molecule has 122 valence electrons. The van der Waals surface area contributed by atoms with Gasteiger partial charge in [0.15, 0.2) is 0 Å². The van der Waals surface area contributed by atoms with Crippen molar-refractivity contribution in [3.8, 4) is 0 Å². The van der Waals surface area contributed by atoms with Crippen molar-refractivity contribution in [1.82, 2.24) is 4.90 Å². The third-order valence-corrected chi connectivity index (χ3v) is 5.83. The van der Waals surface area contributed by atoms with E-state index in [1.54, 1.807) is 4.90 Å². The molecule has 0 bridgehead atoms. The molecule has 3 unspecified atom stereocenters. The number of nitrogens with zero attached hydrogens (tertiary/aromatic N) is 1. The quantitative estimate of drug-likeness (QED) is 0.754. The first-order valence-corrected chi connectivity index (χ1v) is 9.72. The molecule has 21 heavy (non-hydrogen) atoms. The molecule has 0 spiro atoms. The molecule has 0 aromatic heterocycles. The molecule has 3 N–H and O–H groups in total. The van der Waals surface area contributed by atoms with E-state index in [1.165, 1.54) is 0 Å². The molecule has 1 aliphatic carbocycles. The molecule has 1 aliphatic heterocycles. The van der Waals surface area contributed by atoms with E-state index in [0.717, 1.165) is 31.9 Å². The summed E-state index contributed by atoms with van der Waals surface area (Å²) in [6, 6.07) is -0.769. The summed E-state index contributed by atoms with van der Waals surface area (Å²) in [6.07, 6.45) is 5.81. The summed E-state index contributed by atoms with van der Waals surface area (Å²) in [6.45, 7) is 1.06. The van der Waals surface area contributed by atoms with E-state index in [0.29, 0.717) is 19.5 Å². The minimum absolute atomic E-state index is 0.0683. The predicted octanol–water partition coefficient (Wildman–Crippen LogP) is -0.0980. The fourth-order valence-corrected chi connectivity index (χ4v) is 4.15. The van der Waals surface area contributed by atoms with Gasteiger partial charge in [-0.2, -0.15) is 0 Å². The number of rotatable bonds is 4. The number of hydrogen-bond acceptors (Lipinski definition) is 5. The van der Waals surface area contributed by atoms with Gasteiger partial charge in [0, 0.05) is 25.3 Å². The first-order valence-electron chi connectivity index (χ1n) is 7.66. The van der Waals surface area contributed by atoms with Gasteiger partial charge in [-0.05, 0) is 25.7 Å². The first kappa shape index (κ1) is 16.7. The Balaban J connectivity index is 1.92. The van der Waals surface area contributed by atoms with Gasteiger partial charge in [-0.15, -0.1) is 0 Å². The lowest BCUT2D eigenvalue weighted by atomic mass is 9.71. The van der Waals surface area contributed by atoms with E-state index in [1.807, 2.05) is 0 Å². The van der Waals surface area contributed by atoms with Crippen molar-refractivity contribution in [2.75, 3.05) is 25.1 Å². The third-order valence-electron chi connectivity index (χ3n) is 4.86. The van der Waals surface area contributed by atoms with E-state index in [9.17, 15) is 18.3 Å². The summed E-state index contributed by atoms with van der Waals surface area (Å²) < 4.78 is 22.3. The summed E-state index contributed by atoms with van der Waals surface area (Å²) in [5, 5.41) is 10.6. The predicted molar refractivity (Wildman–Crippen MR) is 80.4 cm³/mol. The molecule has 0 radical (unpaired) electrons. The van der Waals surface area contributed by atoms with Crippen LogP contribution in [0.2, 0.25) is 0 Å². The number of hydrogen-bond donors (Lipinski definition) is 2. The summed E-state index contributed by atoms with van der Waals surface area (Å²) in [4.78, 5) is 14.0. The van der Waals surface area contributed by atoms with Crippen LogP contribution in [0.15, 0.2) is 0 Å². The number of fused-ring (bicyclic) bond motifs is 1. The van der Waals surface area contributed by atoms with Gasteiger partial charge >= 0.3 is 0 Å². The number of piperidine rings is 1. The van der Waals surface area contributed by atoms with Crippen LogP contribution in [-0.2, 0) is 14.6 Å². The van der Waals surface area contributed by atoms with E-state index in [2.05, 4.69) is 0 Å². The Kier molecular flexibility index (Phi) is 4.95. The minimum Gasteiger partial charge on any atom is -0.389 e. The first-order chi connectivity index (χ1) is 9.71. The zero-order valence-corrected chi connectivity index (χ0v) is 13.4. The van der Waals surface area contributed by atoms with Gasteiger partial charge in [-0.1, -0.05) is 12.8 Å². The van der Waals surface area contributed by atoms with Gasteiger partial charge in [0.1, 0.15) is 9.84 Å². The number of nitrogens with two attached hydrogens (primary N) is 1. The molecular formula is C14H26N2O4S. The second-order valence-electron chi connectivity index (χ2n) is 6.61. The van der Waals surface area contributed by atoms with Crippen LogP contribution < -0.4 is 5.73 Å². The number of carbonyl (C=O) groups is 1. The number of aliphatic hydroxyl groups is 1. The second-order valence-corrected chi connectivity index (χ2v) is 8.87. The lowest BCUT2D eigenvalue weighted by Gasteiger charge is -2.47. The number of likely N-dealkylation sites (tertiary alicyclic amines) is 1. The maximum Gasteiger partial charge on any atom is 0.239 e. The van der Waals surface area contributed by atoms with E-state index in [-0.39, 0.29) is 24.0 Å². The van der Waals surface area contributed by atoms with Crippen LogP contribution in [0.3, 0.4) is 0 Å². The Bertz CT molecular complexity index is 493. The fourth-order valence-electron chi connectivity index (χ4n) is 3.47. The Morgan fingerprint density at radius 1 is 1.43 bits per heavy atom. The van der Waals surface area contributed by atoms with Crippen molar-refractivity contribution in [1.29, 1.82) is 0 Å². The number of carbonyl (C=O) groups excluding carboxylic acids is 1. The van der Waals surface area contributed by atoms with E-state index in [4.69, 9.17) is 5.73 Å². The molecule has 7 heteroatoms. The molecule has 2 rings (SSSR count). The fraction of sp³-hybridized carbons (Fsp3) is 0.929. The third kappa shape index (κ3) is 4.17.